The summed E-state index contributed by atoms with van der Waals surface area (Å²) in [6.07, 6.45) is 1.36. The van der Waals surface area contributed by atoms with Gasteiger partial charge in [0.05, 0.1) is 22.5 Å². The largest absolute Gasteiger partial charge is 0.383 e. The van der Waals surface area contributed by atoms with Crippen molar-refractivity contribution in [3.8, 4) is 5.69 Å². The molecule has 3 aromatic rings. The van der Waals surface area contributed by atoms with E-state index < -0.39 is 5.82 Å². The monoisotopic (exact) mass is 349 g/mol. The minimum Gasteiger partial charge on any atom is -0.383 e. The number of carbonyl (C=O) groups excluding carboxylic acids is 1. The van der Waals surface area contributed by atoms with Crippen LogP contribution in [-0.4, -0.2) is 15.6 Å². The zero-order chi connectivity index (χ0) is 16.6. The van der Waals surface area contributed by atoms with Gasteiger partial charge in [0, 0.05) is 10.6 Å². The van der Waals surface area contributed by atoms with Crippen molar-refractivity contribution in [1.82, 2.24) is 9.78 Å². The lowest BCUT2D eigenvalue weighted by molar-refractivity contribution is 0.103. The van der Waals surface area contributed by atoms with Gasteiger partial charge >= 0.3 is 0 Å². The molecule has 0 aliphatic carbocycles. The van der Waals surface area contributed by atoms with Crippen molar-refractivity contribution in [2.24, 2.45) is 0 Å². The van der Waals surface area contributed by atoms with Crippen LogP contribution in [0.1, 0.15) is 15.9 Å². The average Bonchev–Trinajstić information content (AvgIpc) is 2.92. The first-order chi connectivity index (χ1) is 11.0. The zero-order valence-corrected chi connectivity index (χ0v) is 13.1. The van der Waals surface area contributed by atoms with Gasteiger partial charge in [-0.05, 0) is 42.5 Å². The van der Waals surface area contributed by atoms with Gasteiger partial charge in [-0.15, -0.1) is 0 Å². The lowest BCUT2D eigenvalue weighted by Gasteiger charge is -2.06. The molecule has 116 valence electrons. The van der Waals surface area contributed by atoms with Gasteiger partial charge in [0.2, 0.25) is 0 Å². The molecule has 0 aliphatic heterocycles. The van der Waals surface area contributed by atoms with Crippen LogP contribution in [0.2, 0.25) is 10.0 Å². The minimum atomic E-state index is -0.543. The van der Waals surface area contributed by atoms with Crippen LogP contribution in [0.5, 0.6) is 0 Å². The van der Waals surface area contributed by atoms with E-state index in [9.17, 15) is 9.18 Å². The Hall–Kier alpha value is -2.37. The van der Waals surface area contributed by atoms with Crippen LogP contribution < -0.4 is 5.73 Å². The number of hydrogen-bond acceptors (Lipinski definition) is 3. The highest BCUT2D eigenvalue weighted by Gasteiger charge is 2.18. The summed E-state index contributed by atoms with van der Waals surface area (Å²) in [6, 6.07) is 10.5. The van der Waals surface area contributed by atoms with Gasteiger partial charge < -0.3 is 5.73 Å². The minimum absolute atomic E-state index is 0.0528. The Labute approximate surface area is 141 Å². The van der Waals surface area contributed by atoms with Gasteiger partial charge in [-0.3, -0.25) is 4.79 Å². The highest BCUT2D eigenvalue weighted by Crippen LogP contribution is 2.24. The summed E-state index contributed by atoms with van der Waals surface area (Å²) in [5, 5.41) is 4.57. The smallest absolute Gasteiger partial charge is 0.198 e. The van der Waals surface area contributed by atoms with Crippen molar-refractivity contribution in [3.05, 3.63) is 75.7 Å². The Bertz CT molecular complexity index is 891. The number of rotatable bonds is 3. The number of hydrogen-bond donors (Lipinski definition) is 1. The van der Waals surface area contributed by atoms with Crippen LogP contribution in [0.15, 0.2) is 48.7 Å². The van der Waals surface area contributed by atoms with Gasteiger partial charge in [0.15, 0.2) is 5.78 Å². The molecule has 1 aromatic heterocycles. The van der Waals surface area contributed by atoms with E-state index in [-0.39, 0.29) is 22.2 Å². The van der Waals surface area contributed by atoms with Crippen molar-refractivity contribution < 1.29 is 9.18 Å². The molecule has 0 saturated heterocycles. The molecular formula is C16H10Cl2FN3O. The molecular weight excluding hydrogens is 340 g/mol. The zero-order valence-electron chi connectivity index (χ0n) is 11.6. The average molecular weight is 350 g/mol. The van der Waals surface area contributed by atoms with Crippen LogP contribution in [0.3, 0.4) is 0 Å². The first-order valence-electron chi connectivity index (χ1n) is 6.56. The number of carbonyl (C=O) groups is 1. The first kappa shape index (κ1) is 15.5. The SMILES string of the molecule is Nc1c(C(=O)c2ccc(Cl)cc2)cnn1-c1ccc(F)c(Cl)c1. The van der Waals surface area contributed by atoms with E-state index in [1.165, 1.54) is 29.1 Å². The van der Waals surface area contributed by atoms with Crippen LogP contribution in [0.25, 0.3) is 5.69 Å². The summed E-state index contributed by atoms with van der Waals surface area (Å²) >= 11 is 11.6. The van der Waals surface area contributed by atoms with E-state index in [4.69, 9.17) is 28.9 Å². The Morgan fingerprint density at radius 2 is 1.83 bits per heavy atom. The van der Waals surface area contributed by atoms with Crippen LogP contribution in [-0.2, 0) is 0 Å². The van der Waals surface area contributed by atoms with E-state index in [1.54, 1.807) is 24.3 Å². The number of nitrogens with zero attached hydrogens (tertiary/aromatic N) is 2. The Morgan fingerprint density at radius 3 is 2.48 bits per heavy atom. The summed E-state index contributed by atoms with van der Waals surface area (Å²) in [4.78, 5) is 12.5. The molecule has 0 bridgehead atoms. The molecule has 7 heteroatoms. The van der Waals surface area contributed by atoms with Crippen molar-refractivity contribution >= 4 is 34.8 Å². The predicted octanol–water partition coefficient (Wildman–Crippen LogP) is 4.13. The molecule has 0 amide bonds. The van der Waals surface area contributed by atoms with E-state index in [0.29, 0.717) is 16.3 Å². The number of halogens is 3. The number of aromatic nitrogens is 2. The molecule has 0 aliphatic rings. The fraction of sp³-hybridized carbons (Fsp3) is 0. The molecule has 3 rings (SSSR count). The number of ketones is 1. The standard InChI is InChI=1S/C16H10Cl2FN3O/c17-10-3-1-9(2-4-10)15(23)12-8-21-22(16(12)20)11-5-6-14(19)13(18)7-11/h1-8H,20H2. The molecule has 4 nitrogen and oxygen atoms in total. The first-order valence-corrected chi connectivity index (χ1v) is 7.32. The quantitative estimate of drug-likeness (QED) is 0.723. The molecule has 23 heavy (non-hydrogen) atoms. The number of benzene rings is 2. The Kier molecular flexibility index (Phi) is 4.07. The van der Waals surface area contributed by atoms with Crippen molar-refractivity contribution in [3.63, 3.8) is 0 Å². The van der Waals surface area contributed by atoms with Gasteiger partial charge in [-0.1, -0.05) is 23.2 Å². The van der Waals surface area contributed by atoms with E-state index in [2.05, 4.69) is 5.10 Å². The van der Waals surface area contributed by atoms with E-state index in [0.717, 1.165) is 0 Å². The van der Waals surface area contributed by atoms with Crippen LogP contribution in [0.4, 0.5) is 10.2 Å². The third kappa shape index (κ3) is 2.93. The Balaban J connectivity index is 2.00. The second kappa shape index (κ2) is 6.02. The third-order valence-electron chi connectivity index (χ3n) is 3.31. The van der Waals surface area contributed by atoms with Crippen molar-refractivity contribution in [1.29, 1.82) is 0 Å². The molecule has 0 radical (unpaired) electrons. The molecule has 1 heterocycles. The maximum atomic E-state index is 13.2. The number of nitrogens with two attached hydrogens (primary N) is 1. The summed E-state index contributed by atoms with van der Waals surface area (Å²) in [5.74, 6) is -0.676. The maximum absolute atomic E-state index is 13.2. The van der Waals surface area contributed by atoms with Crippen LogP contribution >= 0.6 is 23.2 Å². The highest BCUT2D eigenvalue weighted by molar-refractivity contribution is 6.31. The highest BCUT2D eigenvalue weighted by atomic mass is 35.5. The molecule has 0 unspecified atom stereocenters. The predicted molar refractivity (Wildman–Crippen MR) is 87.8 cm³/mol. The van der Waals surface area contributed by atoms with E-state index >= 15 is 0 Å². The maximum Gasteiger partial charge on any atom is 0.198 e. The van der Waals surface area contributed by atoms with Crippen molar-refractivity contribution in [2.45, 2.75) is 0 Å². The molecule has 2 N–H and O–H groups in total. The topological polar surface area (TPSA) is 60.9 Å². The summed E-state index contributed by atoms with van der Waals surface area (Å²) in [6.45, 7) is 0. The molecule has 2 aromatic carbocycles. The lowest BCUT2D eigenvalue weighted by atomic mass is 10.1. The number of nitrogen functional groups attached to an aromatic ring is 1. The normalized spacial score (nSPS) is 10.7. The van der Waals surface area contributed by atoms with Crippen molar-refractivity contribution in [2.75, 3.05) is 5.73 Å². The van der Waals surface area contributed by atoms with Gasteiger partial charge in [-0.2, -0.15) is 5.10 Å². The van der Waals surface area contributed by atoms with Gasteiger partial charge in [-0.25, -0.2) is 9.07 Å². The lowest BCUT2D eigenvalue weighted by Crippen LogP contribution is -2.07. The molecule has 0 fully saturated rings. The number of anilines is 1. The molecule has 0 saturated carbocycles. The molecule has 0 spiro atoms. The fourth-order valence-electron chi connectivity index (χ4n) is 2.11. The summed E-state index contributed by atoms with van der Waals surface area (Å²) < 4.78 is 14.6. The second-order valence-electron chi connectivity index (χ2n) is 4.79. The molecule has 0 atom stereocenters. The second-order valence-corrected chi connectivity index (χ2v) is 5.63. The van der Waals surface area contributed by atoms with Gasteiger partial charge in [0.25, 0.3) is 0 Å². The summed E-state index contributed by atoms with van der Waals surface area (Å²) in [5.41, 5.74) is 7.16. The summed E-state index contributed by atoms with van der Waals surface area (Å²) in [7, 11) is 0. The van der Waals surface area contributed by atoms with Crippen LogP contribution in [0, 0.1) is 5.82 Å². The Morgan fingerprint density at radius 1 is 1.13 bits per heavy atom. The fourth-order valence-corrected chi connectivity index (χ4v) is 2.41. The third-order valence-corrected chi connectivity index (χ3v) is 3.85. The van der Waals surface area contributed by atoms with E-state index in [1.807, 2.05) is 0 Å². The van der Waals surface area contributed by atoms with Gasteiger partial charge in [0.1, 0.15) is 11.6 Å².